The maximum atomic E-state index is 12.2. The van der Waals surface area contributed by atoms with E-state index in [0.29, 0.717) is 18.7 Å². The van der Waals surface area contributed by atoms with Gasteiger partial charge in [0.25, 0.3) is 0 Å². The fourth-order valence-corrected chi connectivity index (χ4v) is 4.62. The van der Waals surface area contributed by atoms with Crippen molar-refractivity contribution in [3.05, 3.63) is 126 Å². The Morgan fingerprint density at radius 1 is 0.722 bits per heavy atom. The van der Waals surface area contributed by atoms with E-state index in [9.17, 15) is 15.3 Å². The Bertz CT molecular complexity index is 1150. The first-order valence-electron chi connectivity index (χ1n) is 12.3. The van der Waals surface area contributed by atoms with E-state index in [-0.39, 0.29) is 11.5 Å². The summed E-state index contributed by atoms with van der Waals surface area (Å²) in [6.45, 7) is 2.54. The molecule has 0 heterocycles. The van der Waals surface area contributed by atoms with Gasteiger partial charge in [-0.25, -0.2) is 0 Å². The molecule has 4 rings (SSSR count). The minimum Gasteiger partial charge on any atom is -0.508 e. The summed E-state index contributed by atoms with van der Waals surface area (Å²) >= 11 is 0. The molecule has 0 aliphatic carbocycles. The highest BCUT2D eigenvalue weighted by atomic mass is 16.5. The average molecular weight is 484 g/mol. The van der Waals surface area contributed by atoms with Crippen LogP contribution in [-0.2, 0) is 12.1 Å². The van der Waals surface area contributed by atoms with Crippen molar-refractivity contribution >= 4 is 0 Å². The number of aromatic hydroxyl groups is 2. The van der Waals surface area contributed by atoms with Crippen LogP contribution in [0.25, 0.3) is 0 Å². The molecule has 0 bridgehead atoms. The lowest BCUT2D eigenvalue weighted by atomic mass is 9.75. The molecule has 0 aliphatic rings. The van der Waals surface area contributed by atoms with Crippen molar-refractivity contribution in [2.24, 2.45) is 0 Å². The number of hydrogen-bond acceptors (Lipinski definition) is 5. The molecular formula is C31H33NO4. The molecule has 0 saturated carbocycles. The molecule has 0 saturated heterocycles. The van der Waals surface area contributed by atoms with Crippen molar-refractivity contribution < 1.29 is 20.1 Å². The summed E-state index contributed by atoms with van der Waals surface area (Å²) in [5.41, 5.74) is 1.49. The number of para-hydroxylation sites is 1. The molecule has 5 heteroatoms. The highest BCUT2D eigenvalue weighted by molar-refractivity contribution is 5.44. The summed E-state index contributed by atoms with van der Waals surface area (Å²) in [6.07, 6.45) is -0.117. The van der Waals surface area contributed by atoms with Crippen LogP contribution in [0.5, 0.6) is 17.2 Å². The second kappa shape index (κ2) is 11.8. The first kappa shape index (κ1) is 25.3. The van der Waals surface area contributed by atoms with E-state index in [4.69, 9.17) is 4.74 Å². The van der Waals surface area contributed by atoms with Crippen LogP contribution in [0, 0.1) is 0 Å². The lowest BCUT2D eigenvalue weighted by Gasteiger charge is -2.43. The Hall–Kier alpha value is -3.80. The number of phenolic OH excluding ortho intramolecular Hbond substituents is 2. The molecule has 0 radical (unpaired) electrons. The lowest BCUT2D eigenvalue weighted by molar-refractivity contribution is -0.0224. The zero-order valence-corrected chi connectivity index (χ0v) is 20.4. The van der Waals surface area contributed by atoms with Crippen LogP contribution >= 0.6 is 0 Å². The maximum Gasteiger partial charge on any atom is 0.127 e. The van der Waals surface area contributed by atoms with Gasteiger partial charge in [0, 0.05) is 6.54 Å². The van der Waals surface area contributed by atoms with Gasteiger partial charge in [-0.2, -0.15) is 0 Å². The Kier molecular flexibility index (Phi) is 8.26. The summed E-state index contributed by atoms with van der Waals surface area (Å²) in [5, 5.41) is 35.9. The van der Waals surface area contributed by atoms with E-state index in [0.717, 1.165) is 23.1 Å². The van der Waals surface area contributed by atoms with Crippen LogP contribution in [0.15, 0.2) is 109 Å². The Labute approximate surface area is 212 Å². The minimum absolute atomic E-state index is 0.140. The third-order valence-electron chi connectivity index (χ3n) is 6.46. The molecule has 0 fully saturated rings. The van der Waals surface area contributed by atoms with Crippen LogP contribution in [0.2, 0.25) is 0 Å². The van der Waals surface area contributed by atoms with E-state index in [1.807, 2.05) is 84.9 Å². The molecular weight excluding hydrogens is 450 g/mol. The normalized spacial score (nSPS) is 13.2. The molecule has 0 amide bonds. The summed E-state index contributed by atoms with van der Waals surface area (Å²) < 4.78 is 6.38. The summed E-state index contributed by atoms with van der Waals surface area (Å²) in [6, 6.07) is 33.2. The Balaban J connectivity index is 1.85. The number of aliphatic hydroxyl groups excluding tert-OH is 1. The van der Waals surface area contributed by atoms with E-state index >= 15 is 0 Å². The zero-order chi connectivity index (χ0) is 25.4. The Morgan fingerprint density at radius 2 is 1.22 bits per heavy atom. The van der Waals surface area contributed by atoms with Crippen LogP contribution < -0.4 is 10.1 Å². The molecule has 2 atom stereocenters. The van der Waals surface area contributed by atoms with E-state index < -0.39 is 17.7 Å². The van der Waals surface area contributed by atoms with E-state index in [2.05, 4.69) is 12.2 Å². The third kappa shape index (κ3) is 5.70. The second-order valence-electron chi connectivity index (χ2n) is 8.94. The highest BCUT2D eigenvalue weighted by Crippen LogP contribution is 2.38. The zero-order valence-electron chi connectivity index (χ0n) is 20.4. The van der Waals surface area contributed by atoms with E-state index in [1.54, 1.807) is 24.3 Å². The van der Waals surface area contributed by atoms with Gasteiger partial charge < -0.3 is 20.1 Å². The van der Waals surface area contributed by atoms with Gasteiger partial charge in [0.1, 0.15) is 29.5 Å². The number of benzene rings is 4. The van der Waals surface area contributed by atoms with Gasteiger partial charge in [-0.15, -0.1) is 0 Å². The number of ether oxygens (including phenoxy) is 1. The Morgan fingerprint density at radius 3 is 1.72 bits per heavy atom. The molecule has 36 heavy (non-hydrogen) atoms. The van der Waals surface area contributed by atoms with Crippen molar-refractivity contribution in [1.82, 2.24) is 5.32 Å². The summed E-state index contributed by atoms with van der Waals surface area (Å²) in [7, 11) is 0. The lowest BCUT2D eigenvalue weighted by Crippen LogP contribution is -2.57. The third-order valence-corrected chi connectivity index (χ3v) is 6.46. The number of hydrogen-bond donors (Lipinski definition) is 4. The molecule has 5 nitrogen and oxygen atoms in total. The quantitative estimate of drug-likeness (QED) is 0.219. The summed E-state index contributed by atoms with van der Waals surface area (Å²) in [5.74, 6) is 0.964. The SMILES string of the molecule is CCCC(Oc1ccccc1)C(O)C(NCc1ccccc1)(c1ccc(O)cc1)c1ccc(O)cc1. The molecule has 4 aromatic carbocycles. The number of rotatable bonds is 11. The first-order chi connectivity index (χ1) is 17.5. The number of nitrogens with one attached hydrogen (secondary N) is 1. The molecule has 4 N–H and O–H groups in total. The first-order valence-corrected chi connectivity index (χ1v) is 12.3. The van der Waals surface area contributed by atoms with Gasteiger partial charge in [-0.3, -0.25) is 5.32 Å². The van der Waals surface area contributed by atoms with Crippen molar-refractivity contribution in [2.45, 2.75) is 44.1 Å². The van der Waals surface area contributed by atoms with Gasteiger partial charge in [-0.1, -0.05) is 86.1 Å². The van der Waals surface area contributed by atoms with Crippen LogP contribution in [0.4, 0.5) is 0 Å². The van der Waals surface area contributed by atoms with Crippen LogP contribution in [0.3, 0.4) is 0 Å². The second-order valence-corrected chi connectivity index (χ2v) is 8.94. The average Bonchev–Trinajstić information content (AvgIpc) is 2.91. The molecule has 2 unspecified atom stereocenters. The van der Waals surface area contributed by atoms with Gasteiger partial charge in [0.05, 0.1) is 5.54 Å². The molecule has 0 spiro atoms. The molecule has 0 aromatic heterocycles. The number of phenols is 2. The van der Waals surface area contributed by atoms with Crippen molar-refractivity contribution in [1.29, 1.82) is 0 Å². The van der Waals surface area contributed by atoms with E-state index in [1.165, 1.54) is 0 Å². The fourth-order valence-electron chi connectivity index (χ4n) is 4.62. The predicted molar refractivity (Wildman–Crippen MR) is 142 cm³/mol. The van der Waals surface area contributed by atoms with Crippen molar-refractivity contribution in [2.75, 3.05) is 0 Å². The highest BCUT2D eigenvalue weighted by Gasteiger charge is 2.45. The van der Waals surface area contributed by atoms with Crippen LogP contribution in [0.1, 0.15) is 36.5 Å². The van der Waals surface area contributed by atoms with Crippen molar-refractivity contribution in [3.8, 4) is 17.2 Å². The predicted octanol–water partition coefficient (Wildman–Crippen LogP) is 5.74. The molecule has 186 valence electrons. The molecule has 0 aliphatic heterocycles. The fraction of sp³-hybridized carbons (Fsp3) is 0.226. The van der Waals surface area contributed by atoms with Gasteiger partial charge in [0.2, 0.25) is 0 Å². The largest absolute Gasteiger partial charge is 0.508 e. The van der Waals surface area contributed by atoms with Crippen LogP contribution in [-0.4, -0.2) is 27.5 Å². The molecule has 4 aromatic rings. The topological polar surface area (TPSA) is 82.0 Å². The minimum atomic E-state index is -1.11. The monoisotopic (exact) mass is 483 g/mol. The standard InChI is InChI=1S/C31H33NO4/c1-2-9-29(36-28-12-7-4-8-13-28)30(35)31(24-14-18-26(33)19-15-24,25-16-20-27(34)21-17-25)32-22-23-10-5-3-6-11-23/h3-8,10-21,29-30,32-35H,2,9,22H2,1H3. The van der Waals surface area contributed by atoms with Gasteiger partial charge in [0.15, 0.2) is 0 Å². The van der Waals surface area contributed by atoms with Crippen molar-refractivity contribution in [3.63, 3.8) is 0 Å². The van der Waals surface area contributed by atoms with Gasteiger partial charge >= 0.3 is 0 Å². The summed E-state index contributed by atoms with van der Waals surface area (Å²) in [4.78, 5) is 0. The number of aliphatic hydroxyl groups is 1. The van der Waals surface area contributed by atoms with Gasteiger partial charge in [-0.05, 0) is 59.5 Å². The maximum absolute atomic E-state index is 12.2. The smallest absolute Gasteiger partial charge is 0.127 e.